The molecule has 0 bridgehead atoms. The van der Waals surface area contributed by atoms with Crippen LogP contribution in [0.15, 0.2) is 42.5 Å². The van der Waals surface area contributed by atoms with Crippen LogP contribution in [0.1, 0.15) is 11.1 Å². The number of benzene rings is 2. The maximum atomic E-state index is 8.84. The highest BCUT2D eigenvalue weighted by atomic mass is 35.5. The minimum Gasteiger partial charge on any atom is -0.495 e. The Bertz CT molecular complexity index is 620. The maximum absolute atomic E-state index is 8.84. The molecular formula is C15H13ClN2O. The minimum atomic E-state index is 0.568. The monoisotopic (exact) mass is 272 g/mol. The predicted molar refractivity (Wildman–Crippen MR) is 76.5 cm³/mol. The fourth-order valence-electron chi connectivity index (χ4n) is 1.73. The van der Waals surface area contributed by atoms with E-state index in [0.717, 1.165) is 11.3 Å². The quantitative estimate of drug-likeness (QED) is 0.920. The average Bonchev–Trinajstić information content (AvgIpc) is 2.45. The summed E-state index contributed by atoms with van der Waals surface area (Å²) in [4.78, 5) is 0. The van der Waals surface area contributed by atoms with Gasteiger partial charge in [0.25, 0.3) is 0 Å². The molecule has 0 fully saturated rings. The predicted octanol–water partition coefficient (Wildman–Crippen LogP) is 3.83. The zero-order chi connectivity index (χ0) is 13.7. The number of anilines is 1. The molecule has 0 saturated heterocycles. The lowest BCUT2D eigenvalue weighted by molar-refractivity contribution is 0.415. The van der Waals surface area contributed by atoms with E-state index in [-0.39, 0.29) is 0 Å². The summed E-state index contributed by atoms with van der Waals surface area (Å²) in [5.41, 5.74) is 2.62. The molecule has 0 atom stereocenters. The van der Waals surface area contributed by atoms with Gasteiger partial charge in [-0.1, -0.05) is 23.7 Å². The Labute approximate surface area is 117 Å². The van der Waals surface area contributed by atoms with Crippen LogP contribution < -0.4 is 10.1 Å². The van der Waals surface area contributed by atoms with Crippen LogP contribution in [0.3, 0.4) is 0 Å². The standard InChI is InChI=1S/C15H13ClN2O/c1-19-15-6-5-13(8-14(15)16)18-10-12-4-2-3-11(7-12)9-17/h2-8,18H,10H2,1H3. The number of hydrogen-bond donors (Lipinski definition) is 1. The van der Waals surface area contributed by atoms with E-state index in [0.29, 0.717) is 22.9 Å². The second-order valence-corrected chi connectivity index (χ2v) is 4.42. The Morgan fingerprint density at radius 2 is 2.11 bits per heavy atom. The van der Waals surface area contributed by atoms with E-state index >= 15 is 0 Å². The summed E-state index contributed by atoms with van der Waals surface area (Å²) < 4.78 is 5.10. The van der Waals surface area contributed by atoms with E-state index in [1.807, 2.05) is 36.4 Å². The first-order valence-electron chi connectivity index (χ1n) is 5.79. The number of hydrogen-bond acceptors (Lipinski definition) is 3. The van der Waals surface area contributed by atoms with Crippen molar-refractivity contribution in [2.45, 2.75) is 6.54 Å². The molecule has 19 heavy (non-hydrogen) atoms. The van der Waals surface area contributed by atoms with Gasteiger partial charge in [0, 0.05) is 12.2 Å². The Morgan fingerprint density at radius 1 is 1.26 bits per heavy atom. The lowest BCUT2D eigenvalue weighted by atomic mass is 10.1. The summed E-state index contributed by atoms with van der Waals surface area (Å²) in [5.74, 6) is 0.652. The Kier molecular flexibility index (Phi) is 4.27. The van der Waals surface area contributed by atoms with Crippen molar-refractivity contribution in [2.75, 3.05) is 12.4 Å². The number of nitriles is 1. The van der Waals surface area contributed by atoms with Crippen LogP contribution in [0, 0.1) is 11.3 Å². The summed E-state index contributed by atoms with van der Waals surface area (Å²) in [6, 6.07) is 15.1. The van der Waals surface area contributed by atoms with Gasteiger partial charge < -0.3 is 10.1 Å². The highest BCUT2D eigenvalue weighted by Crippen LogP contribution is 2.27. The molecule has 0 aliphatic heterocycles. The van der Waals surface area contributed by atoms with Gasteiger partial charge in [0.05, 0.1) is 23.8 Å². The van der Waals surface area contributed by atoms with Gasteiger partial charge >= 0.3 is 0 Å². The number of halogens is 1. The molecule has 1 N–H and O–H groups in total. The van der Waals surface area contributed by atoms with Crippen LogP contribution in [0.4, 0.5) is 5.69 Å². The van der Waals surface area contributed by atoms with Gasteiger partial charge in [-0.25, -0.2) is 0 Å². The Morgan fingerprint density at radius 3 is 2.79 bits per heavy atom. The van der Waals surface area contributed by atoms with Crippen molar-refractivity contribution >= 4 is 17.3 Å². The van der Waals surface area contributed by atoms with Crippen molar-refractivity contribution in [1.29, 1.82) is 5.26 Å². The number of methoxy groups -OCH3 is 1. The van der Waals surface area contributed by atoms with Gasteiger partial charge in [0.1, 0.15) is 5.75 Å². The van der Waals surface area contributed by atoms with Gasteiger partial charge in [0.2, 0.25) is 0 Å². The zero-order valence-corrected chi connectivity index (χ0v) is 11.2. The number of ether oxygens (including phenoxy) is 1. The van der Waals surface area contributed by atoms with Crippen molar-refractivity contribution in [3.05, 3.63) is 58.6 Å². The summed E-state index contributed by atoms with van der Waals surface area (Å²) in [6.45, 7) is 0.637. The van der Waals surface area contributed by atoms with E-state index in [2.05, 4.69) is 11.4 Å². The summed E-state index contributed by atoms with van der Waals surface area (Å²) in [6.07, 6.45) is 0. The molecule has 96 valence electrons. The molecule has 0 heterocycles. The maximum Gasteiger partial charge on any atom is 0.137 e. The first-order chi connectivity index (χ1) is 9.22. The highest BCUT2D eigenvalue weighted by Gasteiger charge is 2.02. The third-order valence-electron chi connectivity index (χ3n) is 2.70. The van der Waals surface area contributed by atoms with Crippen LogP contribution in [0.2, 0.25) is 5.02 Å². The topological polar surface area (TPSA) is 45.0 Å². The fourth-order valence-corrected chi connectivity index (χ4v) is 1.99. The first-order valence-corrected chi connectivity index (χ1v) is 6.17. The van der Waals surface area contributed by atoms with Crippen molar-refractivity contribution in [1.82, 2.24) is 0 Å². The summed E-state index contributed by atoms with van der Waals surface area (Å²) in [7, 11) is 1.59. The largest absolute Gasteiger partial charge is 0.495 e. The summed E-state index contributed by atoms with van der Waals surface area (Å²) >= 11 is 6.05. The van der Waals surface area contributed by atoms with Crippen LogP contribution in [-0.2, 0) is 6.54 Å². The number of nitrogens with one attached hydrogen (secondary N) is 1. The normalized spacial score (nSPS) is 9.74. The highest BCUT2D eigenvalue weighted by molar-refractivity contribution is 6.32. The van der Waals surface area contributed by atoms with Crippen LogP contribution >= 0.6 is 11.6 Å². The zero-order valence-electron chi connectivity index (χ0n) is 10.5. The van der Waals surface area contributed by atoms with Gasteiger partial charge in [-0.2, -0.15) is 5.26 Å². The van der Waals surface area contributed by atoms with Crippen LogP contribution in [0.5, 0.6) is 5.75 Å². The van der Waals surface area contributed by atoms with Gasteiger partial charge in [-0.05, 0) is 35.9 Å². The molecule has 0 aliphatic carbocycles. The molecule has 0 aromatic heterocycles. The molecular weight excluding hydrogens is 260 g/mol. The molecule has 0 aliphatic rings. The van der Waals surface area contributed by atoms with E-state index in [9.17, 15) is 0 Å². The van der Waals surface area contributed by atoms with Crippen molar-refractivity contribution < 1.29 is 4.74 Å². The molecule has 0 radical (unpaired) electrons. The molecule has 0 amide bonds. The smallest absolute Gasteiger partial charge is 0.137 e. The van der Waals surface area contributed by atoms with Gasteiger partial charge in [0.15, 0.2) is 0 Å². The van der Waals surface area contributed by atoms with E-state index in [1.165, 1.54) is 0 Å². The molecule has 4 heteroatoms. The average molecular weight is 273 g/mol. The van der Waals surface area contributed by atoms with E-state index in [4.69, 9.17) is 21.6 Å². The van der Waals surface area contributed by atoms with Crippen molar-refractivity contribution in [3.63, 3.8) is 0 Å². The SMILES string of the molecule is COc1ccc(NCc2cccc(C#N)c2)cc1Cl. The minimum absolute atomic E-state index is 0.568. The lowest BCUT2D eigenvalue weighted by Crippen LogP contribution is -1.99. The fraction of sp³-hybridized carbons (Fsp3) is 0.133. The van der Waals surface area contributed by atoms with E-state index in [1.54, 1.807) is 13.2 Å². The molecule has 0 unspecified atom stereocenters. The molecule has 3 nitrogen and oxygen atoms in total. The molecule has 0 spiro atoms. The molecule has 2 aromatic rings. The van der Waals surface area contributed by atoms with Crippen molar-refractivity contribution in [2.24, 2.45) is 0 Å². The number of rotatable bonds is 4. The molecule has 0 saturated carbocycles. The van der Waals surface area contributed by atoms with Gasteiger partial charge in [-0.15, -0.1) is 0 Å². The first kappa shape index (κ1) is 13.3. The van der Waals surface area contributed by atoms with Gasteiger partial charge in [-0.3, -0.25) is 0 Å². The van der Waals surface area contributed by atoms with E-state index < -0.39 is 0 Å². The van der Waals surface area contributed by atoms with Crippen LogP contribution in [0.25, 0.3) is 0 Å². The lowest BCUT2D eigenvalue weighted by Gasteiger charge is -2.09. The third kappa shape index (κ3) is 3.40. The third-order valence-corrected chi connectivity index (χ3v) is 3.00. The number of nitrogens with zero attached hydrogens (tertiary/aromatic N) is 1. The Hall–Kier alpha value is -2.18. The Balaban J connectivity index is 2.06. The van der Waals surface area contributed by atoms with Crippen molar-refractivity contribution in [3.8, 4) is 11.8 Å². The summed E-state index contributed by atoms with van der Waals surface area (Å²) in [5, 5.41) is 12.7. The molecule has 2 rings (SSSR count). The second-order valence-electron chi connectivity index (χ2n) is 4.02. The van der Waals surface area contributed by atoms with Crippen LogP contribution in [-0.4, -0.2) is 7.11 Å². The second kappa shape index (κ2) is 6.12. The molecule has 2 aromatic carbocycles.